The molecule has 0 radical (unpaired) electrons. The van der Waals surface area contributed by atoms with E-state index in [0.29, 0.717) is 6.54 Å². The van der Waals surface area contributed by atoms with E-state index in [1.54, 1.807) is 0 Å². The van der Waals surface area contributed by atoms with Crippen molar-refractivity contribution < 1.29 is 0 Å². The minimum atomic E-state index is 0. The van der Waals surface area contributed by atoms with E-state index in [0.717, 1.165) is 12.1 Å². The Labute approximate surface area is 73.2 Å². The Balaban J connectivity index is 0.000001000. The van der Waals surface area contributed by atoms with Crippen LogP contribution in [0.3, 0.4) is 0 Å². The van der Waals surface area contributed by atoms with E-state index in [1.165, 1.54) is 5.56 Å². The van der Waals surface area contributed by atoms with Gasteiger partial charge in [0.25, 0.3) is 0 Å². The number of aryl methyl sites for hydroxylation is 1. The van der Waals surface area contributed by atoms with Gasteiger partial charge in [0.05, 0.1) is 0 Å². The van der Waals surface area contributed by atoms with E-state index in [1.807, 2.05) is 19.2 Å². The van der Waals surface area contributed by atoms with Gasteiger partial charge in [-0.2, -0.15) is 0 Å². The molecule has 0 aliphatic heterocycles. The highest BCUT2D eigenvalue weighted by atomic mass is 35.5. The molecule has 1 aromatic rings. The van der Waals surface area contributed by atoms with Gasteiger partial charge in [0, 0.05) is 18.3 Å². The quantitative estimate of drug-likeness (QED) is 0.731. The van der Waals surface area contributed by atoms with Crippen molar-refractivity contribution in [3.05, 3.63) is 29.6 Å². The molecule has 0 saturated carbocycles. The lowest BCUT2D eigenvalue weighted by atomic mass is 10.2. The SMILES string of the molecule is Cc1ccc(CCN)nc1.Cl. The third-order valence-electron chi connectivity index (χ3n) is 1.37. The van der Waals surface area contributed by atoms with Crippen molar-refractivity contribution in [2.24, 2.45) is 5.73 Å². The maximum absolute atomic E-state index is 5.36. The first kappa shape index (κ1) is 10.4. The van der Waals surface area contributed by atoms with Crippen molar-refractivity contribution in [1.29, 1.82) is 0 Å². The highest BCUT2D eigenvalue weighted by molar-refractivity contribution is 5.85. The van der Waals surface area contributed by atoms with E-state index >= 15 is 0 Å². The molecule has 3 heteroatoms. The lowest BCUT2D eigenvalue weighted by Gasteiger charge is -1.96. The highest BCUT2D eigenvalue weighted by Crippen LogP contribution is 1.97. The largest absolute Gasteiger partial charge is 0.330 e. The molecule has 0 atom stereocenters. The first-order chi connectivity index (χ1) is 4.83. The van der Waals surface area contributed by atoms with Crippen molar-refractivity contribution in [3.8, 4) is 0 Å². The molecule has 0 saturated heterocycles. The molecule has 0 aliphatic rings. The van der Waals surface area contributed by atoms with Gasteiger partial charge in [0.15, 0.2) is 0 Å². The Morgan fingerprint density at radius 2 is 2.18 bits per heavy atom. The van der Waals surface area contributed by atoms with Gasteiger partial charge in [-0.05, 0) is 25.1 Å². The fourth-order valence-corrected chi connectivity index (χ4v) is 0.794. The monoisotopic (exact) mass is 172 g/mol. The zero-order valence-electron chi connectivity index (χ0n) is 6.58. The summed E-state index contributed by atoms with van der Waals surface area (Å²) in [5.41, 5.74) is 7.63. The van der Waals surface area contributed by atoms with Crippen molar-refractivity contribution >= 4 is 12.4 Å². The standard InChI is InChI=1S/C8H12N2.ClH/c1-7-2-3-8(4-5-9)10-6-7;/h2-3,6H,4-5,9H2,1H3;1H. The first-order valence-electron chi connectivity index (χ1n) is 3.44. The average Bonchev–Trinajstić information content (AvgIpc) is 1.95. The summed E-state index contributed by atoms with van der Waals surface area (Å²) in [6.07, 6.45) is 2.74. The number of aromatic nitrogens is 1. The molecule has 0 aliphatic carbocycles. The summed E-state index contributed by atoms with van der Waals surface area (Å²) in [5, 5.41) is 0. The van der Waals surface area contributed by atoms with Gasteiger partial charge in [-0.15, -0.1) is 12.4 Å². The molecular weight excluding hydrogens is 160 g/mol. The Kier molecular flexibility index (Phi) is 4.83. The Hall–Kier alpha value is -0.600. The van der Waals surface area contributed by atoms with Crippen LogP contribution in [0.15, 0.2) is 18.3 Å². The summed E-state index contributed by atoms with van der Waals surface area (Å²) in [6, 6.07) is 4.07. The minimum absolute atomic E-state index is 0. The number of halogens is 1. The molecule has 0 amide bonds. The molecular formula is C8H13ClN2. The fourth-order valence-electron chi connectivity index (χ4n) is 0.794. The second-order valence-electron chi connectivity index (χ2n) is 2.37. The number of nitrogens with two attached hydrogens (primary N) is 1. The van der Waals surface area contributed by atoms with Gasteiger partial charge in [-0.1, -0.05) is 6.07 Å². The van der Waals surface area contributed by atoms with Crippen molar-refractivity contribution in [3.63, 3.8) is 0 Å². The molecule has 2 N–H and O–H groups in total. The predicted octanol–water partition coefficient (Wildman–Crippen LogP) is 1.31. The minimum Gasteiger partial charge on any atom is -0.330 e. The molecule has 62 valence electrons. The third-order valence-corrected chi connectivity index (χ3v) is 1.37. The van der Waals surface area contributed by atoms with Crippen molar-refractivity contribution in [2.75, 3.05) is 6.54 Å². The van der Waals surface area contributed by atoms with Crippen molar-refractivity contribution in [2.45, 2.75) is 13.3 Å². The molecule has 0 unspecified atom stereocenters. The Bertz CT molecular complexity index is 196. The summed E-state index contributed by atoms with van der Waals surface area (Å²) >= 11 is 0. The van der Waals surface area contributed by atoms with E-state index < -0.39 is 0 Å². The van der Waals surface area contributed by atoms with Gasteiger partial charge in [-0.3, -0.25) is 4.98 Å². The maximum atomic E-state index is 5.36. The van der Waals surface area contributed by atoms with Crippen molar-refractivity contribution in [1.82, 2.24) is 4.98 Å². The van der Waals surface area contributed by atoms with Crippen LogP contribution in [0.4, 0.5) is 0 Å². The van der Waals surface area contributed by atoms with Gasteiger partial charge in [-0.25, -0.2) is 0 Å². The van der Waals surface area contributed by atoms with E-state index in [2.05, 4.69) is 11.1 Å². The number of rotatable bonds is 2. The predicted molar refractivity (Wildman–Crippen MR) is 49.0 cm³/mol. The fraction of sp³-hybridized carbons (Fsp3) is 0.375. The molecule has 1 heterocycles. The second-order valence-corrected chi connectivity index (χ2v) is 2.37. The molecule has 2 nitrogen and oxygen atoms in total. The zero-order chi connectivity index (χ0) is 7.40. The molecule has 0 spiro atoms. The number of pyridine rings is 1. The van der Waals surface area contributed by atoms with Gasteiger partial charge in [0.2, 0.25) is 0 Å². The highest BCUT2D eigenvalue weighted by Gasteiger charge is 1.89. The molecule has 1 aromatic heterocycles. The third kappa shape index (κ3) is 3.35. The summed E-state index contributed by atoms with van der Waals surface area (Å²) in [6.45, 7) is 2.70. The van der Waals surface area contributed by atoms with E-state index in [4.69, 9.17) is 5.73 Å². The number of hydrogen-bond donors (Lipinski definition) is 1. The van der Waals surface area contributed by atoms with Gasteiger partial charge >= 0.3 is 0 Å². The average molecular weight is 173 g/mol. The van der Waals surface area contributed by atoms with Crippen LogP contribution in [-0.4, -0.2) is 11.5 Å². The normalized spacial score (nSPS) is 8.91. The van der Waals surface area contributed by atoms with Crippen LogP contribution in [0.2, 0.25) is 0 Å². The first-order valence-corrected chi connectivity index (χ1v) is 3.44. The van der Waals surface area contributed by atoms with Crippen LogP contribution in [0.1, 0.15) is 11.3 Å². The molecule has 1 rings (SSSR count). The number of nitrogens with zero attached hydrogens (tertiary/aromatic N) is 1. The van der Waals surface area contributed by atoms with Crippen LogP contribution >= 0.6 is 12.4 Å². The summed E-state index contributed by atoms with van der Waals surface area (Å²) in [5.74, 6) is 0. The van der Waals surface area contributed by atoms with Crippen LogP contribution in [-0.2, 0) is 6.42 Å². The van der Waals surface area contributed by atoms with E-state index in [9.17, 15) is 0 Å². The zero-order valence-corrected chi connectivity index (χ0v) is 7.40. The summed E-state index contributed by atoms with van der Waals surface area (Å²) < 4.78 is 0. The van der Waals surface area contributed by atoms with Gasteiger partial charge < -0.3 is 5.73 Å². The Morgan fingerprint density at radius 1 is 1.45 bits per heavy atom. The molecule has 0 bridgehead atoms. The van der Waals surface area contributed by atoms with E-state index in [-0.39, 0.29) is 12.4 Å². The second kappa shape index (κ2) is 5.10. The van der Waals surface area contributed by atoms with Crippen LogP contribution < -0.4 is 5.73 Å². The summed E-state index contributed by atoms with van der Waals surface area (Å²) in [7, 11) is 0. The lowest BCUT2D eigenvalue weighted by Crippen LogP contribution is -2.03. The topological polar surface area (TPSA) is 38.9 Å². The smallest absolute Gasteiger partial charge is 0.0416 e. The summed E-state index contributed by atoms with van der Waals surface area (Å²) in [4.78, 5) is 4.19. The lowest BCUT2D eigenvalue weighted by molar-refractivity contribution is 0.920. The van der Waals surface area contributed by atoms with Gasteiger partial charge in [0.1, 0.15) is 0 Å². The molecule has 0 fully saturated rings. The number of hydrogen-bond acceptors (Lipinski definition) is 2. The Morgan fingerprint density at radius 3 is 2.64 bits per heavy atom. The maximum Gasteiger partial charge on any atom is 0.0416 e. The molecule has 0 aromatic carbocycles. The van der Waals surface area contributed by atoms with Crippen LogP contribution in [0.5, 0.6) is 0 Å². The van der Waals surface area contributed by atoms with Crippen LogP contribution in [0.25, 0.3) is 0 Å². The van der Waals surface area contributed by atoms with Crippen LogP contribution in [0, 0.1) is 6.92 Å². The molecule has 11 heavy (non-hydrogen) atoms.